The van der Waals surface area contributed by atoms with Crippen molar-refractivity contribution in [2.24, 2.45) is 0 Å². The SMILES string of the molecule is CCCCNC(=O)[C@H](Cc1ccccc1)N(Cc1cccc(OC)c1)C(=O)CN(c1ccc(OC)cc1)S(=O)(=O)c1ccc(C)c([N+](=O)[O-])c1. The average Bonchev–Trinajstić information content (AvgIpc) is 3.12. The molecule has 0 unspecified atom stereocenters. The second kappa shape index (κ2) is 17.3. The van der Waals surface area contributed by atoms with Crippen molar-refractivity contribution in [2.45, 2.75) is 50.6 Å². The van der Waals surface area contributed by atoms with Gasteiger partial charge in [-0.2, -0.15) is 0 Å². The number of carbonyl (C=O) groups is 2. The molecule has 0 bridgehead atoms. The molecule has 0 saturated carbocycles. The van der Waals surface area contributed by atoms with Gasteiger partial charge in [-0.25, -0.2) is 8.42 Å². The van der Waals surface area contributed by atoms with E-state index in [-0.39, 0.29) is 40.7 Å². The first-order valence-electron chi connectivity index (χ1n) is 16.1. The number of sulfonamides is 1. The lowest BCUT2D eigenvalue weighted by molar-refractivity contribution is -0.385. The van der Waals surface area contributed by atoms with Gasteiger partial charge in [-0.15, -0.1) is 0 Å². The van der Waals surface area contributed by atoms with Crippen molar-refractivity contribution in [3.05, 3.63) is 124 Å². The van der Waals surface area contributed by atoms with Gasteiger partial charge in [0.05, 0.1) is 29.7 Å². The molecule has 0 fully saturated rings. The number of aryl methyl sites for hydroxylation is 1. The minimum Gasteiger partial charge on any atom is -0.497 e. The van der Waals surface area contributed by atoms with Gasteiger partial charge in [0.2, 0.25) is 11.8 Å². The maximum atomic E-state index is 14.7. The van der Waals surface area contributed by atoms with E-state index in [0.29, 0.717) is 23.6 Å². The van der Waals surface area contributed by atoms with Crippen LogP contribution in [0.3, 0.4) is 0 Å². The van der Waals surface area contributed by atoms with Crippen LogP contribution in [0.4, 0.5) is 11.4 Å². The lowest BCUT2D eigenvalue weighted by Gasteiger charge is -2.34. The molecule has 50 heavy (non-hydrogen) atoms. The van der Waals surface area contributed by atoms with E-state index in [4.69, 9.17) is 9.47 Å². The predicted octanol–water partition coefficient (Wildman–Crippen LogP) is 5.67. The first kappa shape index (κ1) is 37.4. The Morgan fingerprint density at radius 3 is 2.20 bits per heavy atom. The number of methoxy groups -OCH3 is 2. The second-order valence-corrected chi connectivity index (χ2v) is 13.5. The molecule has 0 aliphatic rings. The van der Waals surface area contributed by atoms with Gasteiger partial charge < -0.3 is 19.7 Å². The van der Waals surface area contributed by atoms with Gasteiger partial charge in [-0.3, -0.25) is 24.0 Å². The number of amides is 2. The molecule has 4 rings (SSSR count). The summed E-state index contributed by atoms with van der Waals surface area (Å²) in [6, 6.07) is 25.0. The number of nitrogens with one attached hydrogen (secondary N) is 1. The minimum atomic E-state index is -4.56. The molecule has 13 heteroatoms. The summed E-state index contributed by atoms with van der Waals surface area (Å²) < 4.78 is 40.3. The minimum absolute atomic E-state index is 0.0404. The van der Waals surface area contributed by atoms with E-state index in [1.165, 1.54) is 50.3 Å². The average molecular weight is 703 g/mol. The van der Waals surface area contributed by atoms with Crippen LogP contribution in [-0.4, -0.2) is 63.4 Å². The molecule has 2 amide bonds. The summed E-state index contributed by atoms with van der Waals surface area (Å²) in [6.45, 7) is 3.16. The Hall–Kier alpha value is -5.43. The maximum absolute atomic E-state index is 14.7. The summed E-state index contributed by atoms with van der Waals surface area (Å²) in [6.07, 6.45) is 1.75. The van der Waals surface area contributed by atoms with Crippen LogP contribution in [0.15, 0.2) is 102 Å². The van der Waals surface area contributed by atoms with Crippen molar-refractivity contribution in [1.29, 1.82) is 0 Å². The number of nitrogens with zero attached hydrogens (tertiary/aromatic N) is 3. The topological polar surface area (TPSA) is 148 Å². The van der Waals surface area contributed by atoms with Crippen LogP contribution in [-0.2, 0) is 32.6 Å². The van der Waals surface area contributed by atoms with Crippen LogP contribution in [0.5, 0.6) is 11.5 Å². The quantitative estimate of drug-likeness (QED) is 0.0841. The molecule has 0 aliphatic carbocycles. The normalized spacial score (nSPS) is 11.7. The highest BCUT2D eigenvalue weighted by molar-refractivity contribution is 7.92. The van der Waals surface area contributed by atoms with Crippen molar-refractivity contribution in [3.8, 4) is 11.5 Å². The molecule has 4 aromatic rings. The maximum Gasteiger partial charge on any atom is 0.273 e. The number of unbranched alkanes of at least 4 members (excludes halogenated alkanes) is 1. The fourth-order valence-corrected chi connectivity index (χ4v) is 6.81. The van der Waals surface area contributed by atoms with Gasteiger partial charge in [0.1, 0.15) is 24.1 Å². The molecule has 0 radical (unpaired) electrons. The second-order valence-electron chi connectivity index (χ2n) is 11.6. The van der Waals surface area contributed by atoms with E-state index in [1.54, 1.807) is 36.4 Å². The summed E-state index contributed by atoms with van der Waals surface area (Å²) in [5.74, 6) is -0.0491. The molecule has 1 atom stereocenters. The van der Waals surface area contributed by atoms with E-state index >= 15 is 0 Å². The number of hydrogen-bond acceptors (Lipinski definition) is 8. The number of carbonyl (C=O) groups excluding carboxylic acids is 2. The summed E-state index contributed by atoms with van der Waals surface area (Å²) >= 11 is 0. The van der Waals surface area contributed by atoms with Crippen molar-refractivity contribution >= 4 is 33.2 Å². The Morgan fingerprint density at radius 2 is 1.56 bits per heavy atom. The first-order valence-corrected chi connectivity index (χ1v) is 17.6. The zero-order chi connectivity index (χ0) is 36.3. The van der Waals surface area contributed by atoms with Gasteiger partial charge in [-0.05, 0) is 66.9 Å². The number of nitro benzene ring substituents is 1. The van der Waals surface area contributed by atoms with E-state index in [9.17, 15) is 28.1 Å². The Kier molecular flexibility index (Phi) is 12.9. The molecule has 1 N–H and O–H groups in total. The molecular formula is C37H42N4O8S. The van der Waals surface area contributed by atoms with Crippen LogP contribution < -0.4 is 19.1 Å². The standard InChI is InChI=1S/C37H42N4O8S/c1-5-6-21-38-37(43)35(23-28-11-8-7-9-12-28)39(25-29-13-10-14-32(22-29)49-4)36(42)26-40(30-16-18-31(48-3)19-17-30)50(46,47)33-20-15-27(2)34(24-33)41(44)45/h7-20,22,24,35H,5-6,21,23,25-26H2,1-4H3,(H,38,43)/t35-/m0/s1. The molecule has 12 nitrogen and oxygen atoms in total. The Morgan fingerprint density at radius 1 is 0.880 bits per heavy atom. The number of hydrogen-bond donors (Lipinski definition) is 1. The molecule has 4 aromatic carbocycles. The smallest absolute Gasteiger partial charge is 0.273 e. The van der Waals surface area contributed by atoms with Gasteiger partial charge in [0, 0.05) is 31.1 Å². The lowest BCUT2D eigenvalue weighted by Crippen LogP contribution is -2.53. The van der Waals surface area contributed by atoms with Gasteiger partial charge >= 0.3 is 0 Å². The lowest BCUT2D eigenvalue weighted by atomic mass is 10.0. The first-order chi connectivity index (χ1) is 24.0. The molecule has 0 heterocycles. The molecule has 0 spiro atoms. The fourth-order valence-electron chi connectivity index (χ4n) is 5.38. The van der Waals surface area contributed by atoms with E-state index in [1.807, 2.05) is 37.3 Å². The molecular weight excluding hydrogens is 660 g/mol. The zero-order valence-electron chi connectivity index (χ0n) is 28.6. The van der Waals surface area contributed by atoms with Crippen LogP contribution in [0.25, 0.3) is 0 Å². The highest BCUT2D eigenvalue weighted by atomic mass is 32.2. The number of nitro groups is 1. The molecule has 0 saturated heterocycles. The third-order valence-electron chi connectivity index (χ3n) is 8.19. The highest BCUT2D eigenvalue weighted by Gasteiger charge is 2.35. The Bertz CT molecular complexity index is 1890. The third-order valence-corrected chi connectivity index (χ3v) is 9.96. The van der Waals surface area contributed by atoms with Gasteiger partial charge in [0.15, 0.2) is 0 Å². The van der Waals surface area contributed by atoms with Crippen molar-refractivity contribution < 1.29 is 32.4 Å². The van der Waals surface area contributed by atoms with Crippen molar-refractivity contribution in [2.75, 3.05) is 31.6 Å². The number of anilines is 1. The largest absolute Gasteiger partial charge is 0.497 e. The Balaban J connectivity index is 1.84. The van der Waals surface area contributed by atoms with Crippen LogP contribution in [0, 0.1) is 17.0 Å². The highest BCUT2D eigenvalue weighted by Crippen LogP contribution is 2.30. The molecule has 264 valence electrons. The predicted molar refractivity (Wildman–Crippen MR) is 191 cm³/mol. The summed E-state index contributed by atoms with van der Waals surface area (Å²) in [4.78, 5) is 40.7. The zero-order valence-corrected chi connectivity index (χ0v) is 29.4. The molecule has 0 aromatic heterocycles. The number of ether oxygens (including phenoxy) is 2. The number of rotatable bonds is 17. The summed E-state index contributed by atoms with van der Waals surface area (Å²) in [5.41, 5.74) is 1.49. The number of benzene rings is 4. The van der Waals surface area contributed by atoms with E-state index < -0.39 is 33.4 Å². The fraction of sp³-hybridized carbons (Fsp3) is 0.297. The Labute approximate surface area is 292 Å². The molecule has 0 aliphatic heterocycles. The third kappa shape index (κ3) is 9.38. The van der Waals surface area contributed by atoms with Gasteiger partial charge in [-0.1, -0.05) is 61.9 Å². The van der Waals surface area contributed by atoms with E-state index in [2.05, 4.69) is 5.32 Å². The van der Waals surface area contributed by atoms with E-state index in [0.717, 1.165) is 28.8 Å². The summed E-state index contributed by atoms with van der Waals surface area (Å²) in [7, 11) is -1.57. The van der Waals surface area contributed by atoms with Crippen LogP contribution in [0.1, 0.15) is 36.5 Å². The summed E-state index contributed by atoms with van der Waals surface area (Å²) in [5, 5.41) is 14.7. The van der Waals surface area contributed by atoms with Crippen LogP contribution in [0.2, 0.25) is 0 Å². The van der Waals surface area contributed by atoms with Crippen molar-refractivity contribution in [1.82, 2.24) is 10.2 Å². The van der Waals surface area contributed by atoms with Crippen LogP contribution >= 0.6 is 0 Å². The monoisotopic (exact) mass is 702 g/mol. The van der Waals surface area contributed by atoms with Crippen molar-refractivity contribution in [3.63, 3.8) is 0 Å². The van der Waals surface area contributed by atoms with Gasteiger partial charge in [0.25, 0.3) is 15.7 Å².